The molecule has 0 bridgehead atoms. The van der Waals surface area contributed by atoms with Crippen molar-refractivity contribution < 1.29 is 34.8 Å². The first-order valence-electron chi connectivity index (χ1n) is 16.6. The van der Waals surface area contributed by atoms with Crippen LogP contribution in [-0.2, 0) is 14.4 Å². The Balaban J connectivity index is 0.000000263. The molecule has 4 rings (SSSR count). The maximum atomic E-state index is 12.4. The molecule has 238 valence electrons. The zero-order valence-electron chi connectivity index (χ0n) is 26.3. The summed E-state index contributed by atoms with van der Waals surface area (Å²) in [5.41, 5.74) is -1.54. The number of hydrogen-bond acceptors (Lipinski definition) is 6. The van der Waals surface area contributed by atoms with Crippen LogP contribution in [0.1, 0.15) is 130 Å². The van der Waals surface area contributed by atoms with Crippen molar-refractivity contribution in [3.8, 4) is 0 Å². The second-order valence-corrected chi connectivity index (χ2v) is 13.9. The number of aliphatic hydroxyl groups excluding tert-OH is 2. The highest BCUT2D eigenvalue weighted by molar-refractivity contribution is 6.01. The molecule has 0 spiro atoms. The van der Waals surface area contributed by atoms with Crippen molar-refractivity contribution in [3.05, 3.63) is 23.8 Å². The molecular weight excluding hydrogens is 532 g/mol. The van der Waals surface area contributed by atoms with E-state index in [4.69, 9.17) is 5.11 Å². The molecule has 0 unspecified atom stereocenters. The van der Waals surface area contributed by atoms with Gasteiger partial charge in [0.05, 0.1) is 6.10 Å². The van der Waals surface area contributed by atoms with Gasteiger partial charge in [-0.25, -0.2) is 0 Å². The van der Waals surface area contributed by atoms with Crippen LogP contribution in [0.25, 0.3) is 0 Å². The van der Waals surface area contributed by atoms with Gasteiger partial charge < -0.3 is 20.4 Å². The molecule has 7 nitrogen and oxygen atoms in total. The van der Waals surface area contributed by atoms with Crippen molar-refractivity contribution in [3.63, 3.8) is 0 Å². The summed E-state index contributed by atoms with van der Waals surface area (Å²) in [5, 5.41) is 40.1. The molecule has 0 aromatic carbocycles. The molecule has 0 aromatic heterocycles. The number of carbonyl (C=O) groups excluding carboxylic acids is 2. The molecular formula is C35H56O7. The van der Waals surface area contributed by atoms with Crippen LogP contribution in [0.3, 0.4) is 0 Å². The van der Waals surface area contributed by atoms with Gasteiger partial charge in [-0.05, 0) is 62.5 Å². The number of aliphatic hydroxyl groups is 3. The number of carbonyl (C=O) groups is 3. The third kappa shape index (κ3) is 7.44. The van der Waals surface area contributed by atoms with E-state index in [1.54, 1.807) is 12.2 Å². The molecule has 7 heteroatoms. The van der Waals surface area contributed by atoms with Crippen LogP contribution in [0.5, 0.6) is 0 Å². The molecule has 0 saturated heterocycles. The van der Waals surface area contributed by atoms with Crippen molar-refractivity contribution in [2.24, 2.45) is 28.6 Å². The first-order valence-corrected chi connectivity index (χ1v) is 16.6. The summed E-state index contributed by atoms with van der Waals surface area (Å²) in [5.74, 6) is -0.883. The number of fused-ring (bicyclic) bond motifs is 5. The normalized spacial score (nSPS) is 34.9. The van der Waals surface area contributed by atoms with Gasteiger partial charge in [-0.15, -0.1) is 0 Å². The third-order valence-electron chi connectivity index (χ3n) is 11.2. The molecule has 0 aromatic rings. The number of carboxylic acid groups (broad SMARTS) is 1. The van der Waals surface area contributed by atoms with Crippen molar-refractivity contribution in [2.45, 2.75) is 142 Å². The van der Waals surface area contributed by atoms with Crippen LogP contribution in [0.15, 0.2) is 23.8 Å². The average molecular weight is 589 g/mol. The van der Waals surface area contributed by atoms with Crippen molar-refractivity contribution in [1.82, 2.24) is 0 Å². The lowest BCUT2D eigenvalue weighted by atomic mass is 9.46. The molecule has 3 fully saturated rings. The molecule has 4 aliphatic carbocycles. The highest BCUT2D eigenvalue weighted by Gasteiger charge is 2.67. The number of ketones is 2. The van der Waals surface area contributed by atoms with Gasteiger partial charge in [0.2, 0.25) is 0 Å². The lowest BCUT2D eigenvalue weighted by Gasteiger charge is -2.59. The van der Waals surface area contributed by atoms with Gasteiger partial charge in [0.25, 0.3) is 0 Å². The standard InChI is InChI=1S/C21H28O5.C14H28O2/c1-19-7-5-13(23)9-12(19)3-4-14-15-6-8-21(26,17(25)11-22)20(15,2)10-16(24)18(14)19;1-2-3-4-5-6-7-8-9-10-11-12-13-14(15)16/h5,7,9,14-16,18,22,24,26H,3-4,6,8,10-11H2,1-2H3;2-13H2,1H3,(H,15,16)/t14-,15-,16-,18+,19-,20-,21-;/m0./s1. The first kappa shape index (κ1) is 34.7. The number of hydrogen-bond donors (Lipinski definition) is 4. The lowest BCUT2D eigenvalue weighted by molar-refractivity contribution is -0.178. The molecule has 0 amide bonds. The van der Waals surface area contributed by atoms with Crippen LogP contribution >= 0.6 is 0 Å². The Bertz CT molecular complexity index is 1000. The fourth-order valence-corrected chi connectivity index (χ4v) is 8.86. The van der Waals surface area contributed by atoms with Crippen LogP contribution < -0.4 is 0 Å². The van der Waals surface area contributed by atoms with E-state index in [1.807, 2.05) is 13.0 Å². The Kier molecular flexibility index (Phi) is 12.6. The van der Waals surface area contributed by atoms with E-state index in [9.17, 15) is 29.7 Å². The van der Waals surface area contributed by atoms with Gasteiger partial charge in [-0.2, -0.15) is 0 Å². The first-order chi connectivity index (χ1) is 19.9. The predicted octanol–water partition coefficient (Wildman–Crippen LogP) is 6.33. The van der Waals surface area contributed by atoms with Gasteiger partial charge in [-0.3, -0.25) is 14.4 Å². The summed E-state index contributed by atoms with van der Waals surface area (Å²) in [4.78, 5) is 34.4. The smallest absolute Gasteiger partial charge is 0.303 e. The molecule has 0 radical (unpaired) electrons. The predicted molar refractivity (Wildman–Crippen MR) is 164 cm³/mol. The lowest BCUT2D eigenvalue weighted by Crippen LogP contribution is -2.61. The van der Waals surface area contributed by atoms with Crippen LogP contribution in [0.4, 0.5) is 0 Å². The van der Waals surface area contributed by atoms with Crippen LogP contribution in [-0.4, -0.2) is 56.3 Å². The summed E-state index contributed by atoms with van der Waals surface area (Å²) < 4.78 is 0. The third-order valence-corrected chi connectivity index (χ3v) is 11.2. The minimum atomic E-state index is -1.56. The van der Waals surface area contributed by atoms with E-state index in [1.165, 1.54) is 57.8 Å². The highest BCUT2D eigenvalue weighted by atomic mass is 16.4. The fraction of sp³-hybridized carbons (Fsp3) is 0.800. The van der Waals surface area contributed by atoms with E-state index in [0.717, 1.165) is 37.7 Å². The Morgan fingerprint density at radius 3 is 2.12 bits per heavy atom. The Labute approximate surface area is 252 Å². The summed E-state index contributed by atoms with van der Waals surface area (Å²) in [6.07, 6.45) is 22.0. The molecule has 3 saturated carbocycles. The SMILES string of the molecule is CCCCCCCCCCCCCC(=O)O.C[C@]12C=CC(=O)C=C1CC[C@@H]1[C@@H]2[C@@H](O)C[C@@]2(C)[C@H]1CC[C@]2(O)C(=O)CO. The minimum absolute atomic E-state index is 0.00912. The highest BCUT2D eigenvalue weighted by Crippen LogP contribution is 2.67. The van der Waals surface area contributed by atoms with Crippen molar-refractivity contribution in [2.75, 3.05) is 6.61 Å². The van der Waals surface area contributed by atoms with E-state index >= 15 is 0 Å². The molecule has 4 N–H and O–H groups in total. The number of carboxylic acids is 1. The molecule has 0 heterocycles. The number of rotatable bonds is 14. The van der Waals surface area contributed by atoms with E-state index in [0.29, 0.717) is 19.3 Å². The quantitative estimate of drug-likeness (QED) is 0.174. The summed E-state index contributed by atoms with van der Waals surface area (Å²) in [6, 6.07) is 0. The van der Waals surface area contributed by atoms with Crippen molar-refractivity contribution in [1.29, 1.82) is 0 Å². The van der Waals surface area contributed by atoms with Gasteiger partial charge in [0, 0.05) is 23.2 Å². The maximum Gasteiger partial charge on any atom is 0.303 e. The van der Waals surface area contributed by atoms with Gasteiger partial charge in [-0.1, -0.05) is 96.6 Å². The number of allylic oxidation sites excluding steroid dienone is 4. The van der Waals surface area contributed by atoms with Gasteiger partial charge in [0.15, 0.2) is 11.6 Å². The van der Waals surface area contributed by atoms with Gasteiger partial charge in [0.1, 0.15) is 12.2 Å². The van der Waals surface area contributed by atoms with Crippen LogP contribution in [0, 0.1) is 28.6 Å². The maximum absolute atomic E-state index is 12.4. The average Bonchev–Trinajstić information content (AvgIpc) is 3.22. The second-order valence-electron chi connectivity index (χ2n) is 13.9. The summed E-state index contributed by atoms with van der Waals surface area (Å²) in [7, 11) is 0. The topological polar surface area (TPSA) is 132 Å². The number of aliphatic carboxylic acids is 1. The molecule has 0 aliphatic heterocycles. The van der Waals surface area contributed by atoms with E-state index in [-0.39, 0.29) is 29.0 Å². The zero-order valence-corrected chi connectivity index (χ0v) is 26.3. The van der Waals surface area contributed by atoms with Crippen molar-refractivity contribution >= 4 is 17.5 Å². The molecule has 42 heavy (non-hydrogen) atoms. The number of unbranched alkanes of at least 4 members (excludes halogenated alkanes) is 10. The summed E-state index contributed by atoms with van der Waals surface area (Å²) in [6.45, 7) is 5.59. The summed E-state index contributed by atoms with van der Waals surface area (Å²) >= 11 is 0. The monoisotopic (exact) mass is 588 g/mol. The Morgan fingerprint density at radius 2 is 1.55 bits per heavy atom. The van der Waals surface area contributed by atoms with Crippen LogP contribution in [0.2, 0.25) is 0 Å². The van der Waals surface area contributed by atoms with E-state index < -0.39 is 35.5 Å². The number of Topliss-reactive ketones (excluding diaryl/α,β-unsaturated/α-hetero) is 1. The fourth-order valence-electron chi connectivity index (χ4n) is 8.86. The minimum Gasteiger partial charge on any atom is -0.481 e. The van der Waals surface area contributed by atoms with E-state index in [2.05, 4.69) is 13.8 Å². The Morgan fingerprint density at radius 1 is 0.952 bits per heavy atom. The molecule has 4 aliphatic rings. The largest absolute Gasteiger partial charge is 0.481 e. The molecule has 7 atom stereocenters. The Hall–Kier alpha value is -1.83. The van der Waals surface area contributed by atoms with Gasteiger partial charge >= 0.3 is 5.97 Å². The zero-order chi connectivity index (χ0) is 31.0. The second kappa shape index (κ2) is 15.3.